The van der Waals surface area contributed by atoms with Crippen LogP contribution in [-0.2, 0) is 9.59 Å². The van der Waals surface area contributed by atoms with Crippen molar-refractivity contribution < 1.29 is 14.0 Å². The standard InChI is InChI=1S/C13H14BrFN2O2/c1-3-11-13(19)17(7(2)12(18)16-11)8-4-5-9(14)10(15)6-8/h4-7,11H,3H2,1-2H3,(H,16,18). The molecule has 19 heavy (non-hydrogen) atoms. The van der Waals surface area contributed by atoms with Gasteiger partial charge in [-0.15, -0.1) is 0 Å². The Hall–Kier alpha value is -1.43. The van der Waals surface area contributed by atoms with Crippen molar-refractivity contribution in [2.75, 3.05) is 4.90 Å². The fraction of sp³-hybridized carbons (Fsp3) is 0.385. The van der Waals surface area contributed by atoms with E-state index in [0.29, 0.717) is 16.6 Å². The molecule has 0 radical (unpaired) electrons. The van der Waals surface area contributed by atoms with E-state index in [1.807, 2.05) is 6.92 Å². The second kappa shape index (κ2) is 5.28. The molecule has 1 aromatic carbocycles. The van der Waals surface area contributed by atoms with Gasteiger partial charge in [-0.05, 0) is 47.5 Å². The van der Waals surface area contributed by atoms with Gasteiger partial charge in [-0.1, -0.05) is 6.92 Å². The van der Waals surface area contributed by atoms with Crippen LogP contribution < -0.4 is 10.2 Å². The predicted octanol–water partition coefficient (Wildman–Crippen LogP) is 2.22. The molecule has 2 rings (SSSR count). The van der Waals surface area contributed by atoms with E-state index in [2.05, 4.69) is 21.2 Å². The maximum atomic E-state index is 13.6. The molecule has 1 N–H and O–H groups in total. The molecule has 4 nitrogen and oxygen atoms in total. The van der Waals surface area contributed by atoms with Gasteiger partial charge in [0.05, 0.1) is 4.47 Å². The average Bonchev–Trinajstić information content (AvgIpc) is 2.38. The highest BCUT2D eigenvalue weighted by atomic mass is 79.9. The van der Waals surface area contributed by atoms with Crippen molar-refractivity contribution in [3.8, 4) is 0 Å². The molecule has 0 aromatic heterocycles. The minimum atomic E-state index is -0.643. The lowest BCUT2D eigenvalue weighted by molar-refractivity contribution is -0.133. The first-order valence-electron chi connectivity index (χ1n) is 6.04. The number of hydrogen-bond acceptors (Lipinski definition) is 2. The van der Waals surface area contributed by atoms with Gasteiger partial charge in [-0.25, -0.2) is 4.39 Å². The zero-order valence-electron chi connectivity index (χ0n) is 10.6. The van der Waals surface area contributed by atoms with Gasteiger partial charge in [-0.3, -0.25) is 14.5 Å². The lowest BCUT2D eigenvalue weighted by atomic mass is 10.1. The molecule has 102 valence electrons. The number of nitrogens with one attached hydrogen (secondary N) is 1. The molecule has 0 saturated carbocycles. The first-order chi connectivity index (χ1) is 8.95. The molecule has 0 spiro atoms. The van der Waals surface area contributed by atoms with Gasteiger partial charge in [0.15, 0.2) is 0 Å². The van der Waals surface area contributed by atoms with Crippen LogP contribution >= 0.6 is 15.9 Å². The SMILES string of the molecule is CCC1NC(=O)C(C)N(c2ccc(Br)c(F)c2)C1=O. The Kier molecular flexibility index (Phi) is 3.89. The third-order valence-electron chi connectivity index (χ3n) is 3.21. The van der Waals surface area contributed by atoms with Gasteiger partial charge < -0.3 is 5.32 Å². The summed E-state index contributed by atoms with van der Waals surface area (Å²) in [5.74, 6) is -0.900. The van der Waals surface area contributed by atoms with Crippen LogP contribution in [0.25, 0.3) is 0 Å². The maximum absolute atomic E-state index is 13.6. The summed E-state index contributed by atoms with van der Waals surface area (Å²) >= 11 is 3.06. The minimum absolute atomic E-state index is 0.212. The topological polar surface area (TPSA) is 49.4 Å². The molecule has 1 aliphatic rings. The van der Waals surface area contributed by atoms with E-state index in [9.17, 15) is 14.0 Å². The number of amides is 2. The highest BCUT2D eigenvalue weighted by molar-refractivity contribution is 9.10. The van der Waals surface area contributed by atoms with Gasteiger partial charge in [-0.2, -0.15) is 0 Å². The summed E-state index contributed by atoms with van der Waals surface area (Å²) in [4.78, 5) is 25.5. The summed E-state index contributed by atoms with van der Waals surface area (Å²) in [5, 5.41) is 2.66. The molecule has 1 aliphatic heterocycles. The Labute approximate surface area is 119 Å². The Morgan fingerprint density at radius 1 is 1.42 bits per heavy atom. The first-order valence-corrected chi connectivity index (χ1v) is 6.83. The number of benzene rings is 1. The first kappa shape index (κ1) is 14.0. The lowest BCUT2D eigenvalue weighted by Crippen LogP contribution is -2.62. The van der Waals surface area contributed by atoms with Gasteiger partial charge >= 0.3 is 0 Å². The number of carbonyl (C=O) groups excluding carboxylic acids is 2. The van der Waals surface area contributed by atoms with Crippen molar-refractivity contribution in [1.29, 1.82) is 0 Å². The summed E-state index contributed by atoms with van der Waals surface area (Å²) in [7, 11) is 0. The molecule has 1 aromatic rings. The van der Waals surface area contributed by atoms with Crippen molar-refractivity contribution in [2.24, 2.45) is 0 Å². The lowest BCUT2D eigenvalue weighted by Gasteiger charge is -2.37. The largest absolute Gasteiger partial charge is 0.343 e. The molecule has 2 amide bonds. The number of anilines is 1. The van der Waals surface area contributed by atoms with Crippen molar-refractivity contribution in [2.45, 2.75) is 32.4 Å². The number of carbonyl (C=O) groups is 2. The third kappa shape index (κ3) is 2.49. The molecular weight excluding hydrogens is 315 g/mol. The second-order valence-corrected chi connectivity index (χ2v) is 5.31. The number of nitrogens with zero attached hydrogens (tertiary/aromatic N) is 1. The van der Waals surface area contributed by atoms with E-state index < -0.39 is 17.9 Å². The molecule has 2 atom stereocenters. The highest BCUT2D eigenvalue weighted by Crippen LogP contribution is 2.26. The molecule has 2 unspecified atom stereocenters. The van der Waals surface area contributed by atoms with Crippen LogP contribution in [0.3, 0.4) is 0 Å². The van der Waals surface area contributed by atoms with Crippen molar-refractivity contribution in [1.82, 2.24) is 5.32 Å². The minimum Gasteiger partial charge on any atom is -0.343 e. The van der Waals surface area contributed by atoms with Crippen LogP contribution in [0.4, 0.5) is 10.1 Å². The fourth-order valence-corrected chi connectivity index (χ4v) is 2.34. The molecule has 0 aliphatic carbocycles. The van der Waals surface area contributed by atoms with Gasteiger partial charge in [0, 0.05) is 5.69 Å². The zero-order valence-corrected chi connectivity index (χ0v) is 12.2. The Bertz CT molecular complexity index is 535. The normalized spacial score (nSPS) is 23.5. The summed E-state index contributed by atoms with van der Waals surface area (Å²) in [6, 6.07) is 3.21. The molecule has 0 bridgehead atoms. The predicted molar refractivity (Wildman–Crippen MR) is 73.3 cm³/mol. The Balaban J connectivity index is 2.41. The molecular formula is C13H14BrFN2O2. The van der Waals surface area contributed by atoms with Crippen LogP contribution in [0.2, 0.25) is 0 Å². The number of halogens is 2. The van der Waals surface area contributed by atoms with E-state index in [1.54, 1.807) is 13.0 Å². The van der Waals surface area contributed by atoms with E-state index in [-0.39, 0.29) is 11.8 Å². The van der Waals surface area contributed by atoms with Crippen molar-refractivity contribution in [3.63, 3.8) is 0 Å². The molecule has 1 fully saturated rings. The Morgan fingerprint density at radius 2 is 2.11 bits per heavy atom. The highest BCUT2D eigenvalue weighted by Gasteiger charge is 2.38. The van der Waals surface area contributed by atoms with Crippen molar-refractivity contribution in [3.05, 3.63) is 28.5 Å². The number of rotatable bonds is 2. The molecule has 6 heteroatoms. The number of hydrogen-bond donors (Lipinski definition) is 1. The third-order valence-corrected chi connectivity index (χ3v) is 3.85. The molecule has 1 heterocycles. The quantitative estimate of drug-likeness (QED) is 0.904. The van der Waals surface area contributed by atoms with Gasteiger partial charge in [0.1, 0.15) is 17.9 Å². The van der Waals surface area contributed by atoms with Crippen LogP contribution in [0.5, 0.6) is 0 Å². The van der Waals surface area contributed by atoms with Gasteiger partial charge in [0.2, 0.25) is 11.8 Å². The van der Waals surface area contributed by atoms with E-state index in [4.69, 9.17) is 0 Å². The fourth-order valence-electron chi connectivity index (χ4n) is 2.09. The van der Waals surface area contributed by atoms with E-state index in [1.165, 1.54) is 17.0 Å². The second-order valence-electron chi connectivity index (χ2n) is 4.45. The van der Waals surface area contributed by atoms with Gasteiger partial charge in [0.25, 0.3) is 0 Å². The van der Waals surface area contributed by atoms with E-state index >= 15 is 0 Å². The van der Waals surface area contributed by atoms with Crippen LogP contribution in [0.15, 0.2) is 22.7 Å². The van der Waals surface area contributed by atoms with Crippen LogP contribution in [-0.4, -0.2) is 23.9 Å². The monoisotopic (exact) mass is 328 g/mol. The summed E-state index contributed by atoms with van der Waals surface area (Å²) in [6.45, 7) is 3.44. The maximum Gasteiger partial charge on any atom is 0.250 e. The number of piperazine rings is 1. The Morgan fingerprint density at radius 3 is 2.68 bits per heavy atom. The summed E-state index contributed by atoms with van der Waals surface area (Å²) < 4.78 is 13.9. The van der Waals surface area contributed by atoms with Crippen LogP contribution in [0.1, 0.15) is 20.3 Å². The smallest absolute Gasteiger partial charge is 0.250 e. The summed E-state index contributed by atoms with van der Waals surface area (Å²) in [6.07, 6.45) is 0.507. The van der Waals surface area contributed by atoms with E-state index in [0.717, 1.165) is 0 Å². The average molecular weight is 329 g/mol. The summed E-state index contributed by atoms with van der Waals surface area (Å²) in [5.41, 5.74) is 0.395. The molecule has 1 saturated heterocycles. The van der Waals surface area contributed by atoms with Crippen LogP contribution in [0, 0.1) is 5.82 Å². The zero-order chi connectivity index (χ0) is 14.2. The van der Waals surface area contributed by atoms with Crippen molar-refractivity contribution >= 4 is 33.4 Å².